The Bertz CT molecular complexity index is 729. The van der Waals surface area contributed by atoms with Gasteiger partial charge in [0.1, 0.15) is 19.0 Å². The summed E-state index contributed by atoms with van der Waals surface area (Å²) in [6, 6.07) is 11.7. The lowest BCUT2D eigenvalue weighted by Crippen LogP contribution is -2.34. The minimum absolute atomic E-state index is 0.0188. The van der Waals surface area contributed by atoms with Gasteiger partial charge in [-0.25, -0.2) is 4.39 Å². The van der Waals surface area contributed by atoms with E-state index < -0.39 is 6.67 Å². The summed E-state index contributed by atoms with van der Waals surface area (Å²) in [4.78, 5) is 7.05. The van der Waals surface area contributed by atoms with Gasteiger partial charge in [-0.15, -0.1) is 5.10 Å². The van der Waals surface area contributed by atoms with Gasteiger partial charge in [-0.05, 0) is 74.1 Å². The molecular formula is C21H27FN4O2. The van der Waals surface area contributed by atoms with E-state index in [0.29, 0.717) is 12.5 Å². The van der Waals surface area contributed by atoms with Crippen molar-refractivity contribution < 1.29 is 14.0 Å². The molecule has 0 unspecified atom stereocenters. The second-order valence-electron chi connectivity index (χ2n) is 6.93. The van der Waals surface area contributed by atoms with Gasteiger partial charge in [-0.3, -0.25) is 0 Å². The summed E-state index contributed by atoms with van der Waals surface area (Å²) in [6.45, 7) is 4.13. The third kappa shape index (κ3) is 6.18. The molecule has 0 N–H and O–H groups in total. The smallest absolute Gasteiger partial charge is 0.151 e. The van der Waals surface area contributed by atoms with Crippen molar-refractivity contribution in [1.82, 2.24) is 10.2 Å². The number of nitrogens with zero attached hydrogens (tertiary/aromatic N) is 4. The fourth-order valence-corrected chi connectivity index (χ4v) is 3.19. The third-order valence-electron chi connectivity index (χ3n) is 4.84. The Morgan fingerprint density at radius 3 is 2.57 bits per heavy atom. The normalized spacial score (nSPS) is 15.1. The number of aromatic nitrogens is 2. The summed E-state index contributed by atoms with van der Waals surface area (Å²) in [5, 5.41) is 12.1. The van der Waals surface area contributed by atoms with Gasteiger partial charge in [-0.2, -0.15) is 5.10 Å². The van der Waals surface area contributed by atoms with Crippen LogP contribution in [0.25, 0.3) is 0 Å². The summed E-state index contributed by atoms with van der Waals surface area (Å²) < 4.78 is 17.8. The maximum Gasteiger partial charge on any atom is 0.151 e. The summed E-state index contributed by atoms with van der Waals surface area (Å²) in [7, 11) is 0. The van der Waals surface area contributed by atoms with Crippen molar-refractivity contribution in [1.29, 1.82) is 0 Å². The number of rotatable bonds is 9. The summed E-state index contributed by atoms with van der Waals surface area (Å²) in [5.74, 6) is 2.49. The Balaban J connectivity index is 1.35. The number of ether oxygens (including phenoxy) is 1. The van der Waals surface area contributed by atoms with E-state index in [0.717, 1.165) is 55.2 Å². The zero-order chi connectivity index (χ0) is 19.6. The number of aryl methyl sites for hydroxylation is 1. The van der Waals surface area contributed by atoms with Gasteiger partial charge in [0, 0.05) is 13.1 Å². The Kier molecular flexibility index (Phi) is 7.58. The summed E-state index contributed by atoms with van der Waals surface area (Å²) in [6.07, 6.45) is 4.90. The highest BCUT2D eigenvalue weighted by Crippen LogP contribution is 2.24. The lowest BCUT2D eigenvalue weighted by molar-refractivity contribution is 0.129. The second kappa shape index (κ2) is 10.6. The van der Waals surface area contributed by atoms with Crippen molar-refractivity contribution in [3.05, 3.63) is 47.7 Å². The van der Waals surface area contributed by atoms with Crippen molar-refractivity contribution in [2.75, 3.05) is 37.9 Å². The number of benzene rings is 1. The average molecular weight is 386 g/mol. The fraction of sp³-hybridized carbons (Fsp3) is 0.476. The summed E-state index contributed by atoms with van der Waals surface area (Å²) >= 11 is 0. The molecule has 2 aromatic rings. The molecule has 1 fully saturated rings. The molecule has 6 nitrogen and oxygen atoms in total. The van der Waals surface area contributed by atoms with Crippen molar-refractivity contribution in [3.8, 4) is 5.75 Å². The minimum Gasteiger partial charge on any atom is -0.494 e. The Labute approximate surface area is 165 Å². The molecule has 0 radical (unpaired) electrons. The number of anilines is 1. The molecule has 0 amide bonds. The van der Waals surface area contributed by atoms with Crippen molar-refractivity contribution in [2.24, 2.45) is 11.1 Å². The molecule has 2 heterocycles. The molecule has 0 atom stereocenters. The highest BCUT2D eigenvalue weighted by Gasteiger charge is 2.20. The molecule has 150 valence electrons. The lowest BCUT2D eigenvalue weighted by atomic mass is 9.94. The van der Waals surface area contributed by atoms with Crippen LogP contribution in [-0.2, 0) is 4.84 Å². The molecule has 1 aliphatic rings. The Morgan fingerprint density at radius 2 is 1.89 bits per heavy atom. The van der Waals surface area contributed by atoms with Crippen LogP contribution in [0.1, 0.15) is 30.5 Å². The molecule has 1 aromatic carbocycles. The SMILES string of the molecule is Cc1ccc(N2CCC(CCOc3ccc(C=NOCCF)cc3)CC2)nn1. The van der Waals surface area contributed by atoms with Gasteiger partial charge in [0.2, 0.25) is 0 Å². The van der Waals surface area contributed by atoms with Crippen molar-refractivity contribution >= 4 is 12.0 Å². The van der Waals surface area contributed by atoms with E-state index in [1.807, 2.05) is 43.3 Å². The first-order valence-corrected chi connectivity index (χ1v) is 9.74. The molecule has 7 heteroatoms. The number of hydrogen-bond donors (Lipinski definition) is 0. The van der Waals surface area contributed by atoms with Gasteiger partial charge < -0.3 is 14.5 Å². The van der Waals surface area contributed by atoms with Gasteiger partial charge in [0.15, 0.2) is 5.82 Å². The average Bonchev–Trinajstić information content (AvgIpc) is 2.73. The molecule has 28 heavy (non-hydrogen) atoms. The van der Waals surface area contributed by atoms with E-state index in [9.17, 15) is 4.39 Å². The molecule has 3 rings (SSSR count). The third-order valence-corrected chi connectivity index (χ3v) is 4.84. The standard InChI is InChI=1S/C21H27FN4O2/c1-17-2-7-21(25-24-17)26-12-8-18(9-13-26)10-14-27-20-5-3-19(4-6-20)16-23-28-15-11-22/h2-7,16,18H,8-15H2,1H3. The number of alkyl halides is 1. The number of halogens is 1. The van der Waals surface area contributed by atoms with E-state index in [2.05, 4.69) is 20.3 Å². The summed E-state index contributed by atoms with van der Waals surface area (Å²) in [5.41, 5.74) is 1.83. The van der Waals surface area contributed by atoms with Crippen LogP contribution in [0.3, 0.4) is 0 Å². The van der Waals surface area contributed by atoms with Crippen LogP contribution >= 0.6 is 0 Å². The molecule has 0 saturated carbocycles. The molecule has 0 bridgehead atoms. The quantitative estimate of drug-likeness (QED) is 0.373. The minimum atomic E-state index is -0.538. The monoisotopic (exact) mass is 386 g/mol. The molecular weight excluding hydrogens is 359 g/mol. The Morgan fingerprint density at radius 1 is 1.11 bits per heavy atom. The highest BCUT2D eigenvalue weighted by atomic mass is 19.1. The topological polar surface area (TPSA) is 59.8 Å². The fourth-order valence-electron chi connectivity index (χ4n) is 3.19. The van der Waals surface area contributed by atoms with Crippen LogP contribution in [0.5, 0.6) is 5.75 Å². The molecule has 1 saturated heterocycles. The zero-order valence-electron chi connectivity index (χ0n) is 16.3. The molecule has 1 aliphatic heterocycles. The number of piperidine rings is 1. The molecule has 1 aromatic heterocycles. The molecule has 0 aliphatic carbocycles. The number of hydrogen-bond acceptors (Lipinski definition) is 6. The van der Waals surface area contributed by atoms with Crippen molar-refractivity contribution in [3.63, 3.8) is 0 Å². The second-order valence-corrected chi connectivity index (χ2v) is 6.93. The molecule has 0 spiro atoms. The van der Waals surface area contributed by atoms with E-state index in [4.69, 9.17) is 9.57 Å². The Hall–Kier alpha value is -2.70. The van der Waals surface area contributed by atoms with E-state index in [1.54, 1.807) is 6.21 Å². The predicted molar refractivity (Wildman–Crippen MR) is 108 cm³/mol. The van der Waals surface area contributed by atoms with Gasteiger partial charge in [0.05, 0.1) is 18.5 Å². The zero-order valence-corrected chi connectivity index (χ0v) is 16.3. The predicted octanol–water partition coefficient (Wildman–Crippen LogP) is 3.79. The maximum atomic E-state index is 11.9. The van der Waals surface area contributed by atoms with Crippen LogP contribution < -0.4 is 9.64 Å². The van der Waals surface area contributed by atoms with Gasteiger partial charge in [-0.1, -0.05) is 5.16 Å². The van der Waals surface area contributed by atoms with Gasteiger partial charge >= 0.3 is 0 Å². The van der Waals surface area contributed by atoms with Crippen LogP contribution in [0.4, 0.5) is 10.2 Å². The van der Waals surface area contributed by atoms with Crippen LogP contribution in [-0.4, -0.2) is 49.4 Å². The van der Waals surface area contributed by atoms with Crippen LogP contribution in [0, 0.1) is 12.8 Å². The first-order chi connectivity index (χ1) is 13.7. The maximum absolute atomic E-state index is 11.9. The van der Waals surface area contributed by atoms with E-state index in [1.165, 1.54) is 0 Å². The number of oxime groups is 1. The first-order valence-electron chi connectivity index (χ1n) is 9.74. The van der Waals surface area contributed by atoms with E-state index in [-0.39, 0.29) is 6.61 Å². The highest BCUT2D eigenvalue weighted by molar-refractivity contribution is 5.79. The van der Waals surface area contributed by atoms with Crippen LogP contribution in [0.15, 0.2) is 41.6 Å². The largest absolute Gasteiger partial charge is 0.494 e. The van der Waals surface area contributed by atoms with Crippen molar-refractivity contribution in [2.45, 2.75) is 26.2 Å². The first kappa shape index (κ1) is 20.0. The van der Waals surface area contributed by atoms with Gasteiger partial charge in [0.25, 0.3) is 0 Å². The van der Waals surface area contributed by atoms with Crippen LogP contribution in [0.2, 0.25) is 0 Å². The lowest BCUT2D eigenvalue weighted by Gasteiger charge is -2.32. The van der Waals surface area contributed by atoms with E-state index >= 15 is 0 Å².